The van der Waals surface area contributed by atoms with Crippen molar-refractivity contribution in [2.24, 2.45) is 10.7 Å². The van der Waals surface area contributed by atoms with Crippen molar-refractivity contribution in [3.63, 3.8) is 0 Å². The lowest BCUT2D eigenvalue weighted by molar-refractivity contribution is 0.0697. The van der Waals surface area contributed by atoms with Crippen molar-refractivity contribution < 1.29 is 9.53 Å². The summed E-state index contributed by atoms with van der Waals surface area (Å²) in [4.78, 5) is 22.7. The highest BCUT2D eigenvalue weighted by Gasteiger charge is 2.30. The predicted molar refractivity (Wildman–Crippen MR) is 134 cm³/mol. The molecule has 1 aliphatic heterocycles. The van der Waals surface area contributed by atoms with E-state index < -0.39 is 0 Å². The van der Waals surface area contributed by atoms with Gasteiger partial charge in [0, 0.05) is 17.8 Å². The Morgan fingerprint density at radius 3 is 2.76 bits per heavy atom. The molecule has 1 amide bonds. The third kappa shape index (κ3) is 6.50. The first-order chi connectivity index (χ1) is 15.9. The van der Waals surface area contributed by atoms with Crippen molar-refractivity contribution in [3.05, 3.63) is 64.1 Å². The number of allylic oxidation sites excluding steroid dienone is 1. The highest BCUT2D eigenvalue weighted by Crippen LogP contribution is 2.24. The Hall–Kier alpha value is -3.01. The summed E-state index contributed by atoms with van der Waals surface area (Å²) in [5.74, 6) is -0.00278. The first-order valence-corrected chi connectivity index (χ1v) is 11.9. The number of benzene rings is 1. The van der Waals surface area contributed by atoms with Gasteiger partial charge in [0.1, 0.15) is 6.23 Å². The molecule has 0 bridgehead atoms. The summed E-state index contributed by atoms with van der Waals surface area (Å²) in [5.41, 5.74) is 7.82. The van der Waals surface area contributed by atoms with Gasteiger partial charge in [0.15, 0.2) is 0 Å². The smallest absolute Gasteiger partial charge is 0.268 e. The van der Waals surface area contributed by atoms with Crippen LogP contribution in [0.1, 0.15) is 35.0 Å². The van der Waals surface area contributed by atoms with E-state index >= 15 is 0 Å². The molecule has 33 heavy (non-hydrogen) atoms. The van der Waals surface area contributed by atoms with Gasteiger partial charge in [0.05, 0.1) is 22.5 Å². The SMILES string of the molecule is CNC(C)OC(=N)c1cccc(N=CC(=CN)N(C(=O)c2cccs2)C2CCN(C)CC2)c1. The molecule has 1 aromatic carbocycles. The third-order valence-corrected chi connectivity index (χ3v) is 6.47. The number of carbonyl (C=O) groups excluding carboxylic acids is 1. The number of nitrogens with zero attached hydrogens (tertiary/aromatic N) is 3. The number of hydrogen-bond acceptors (Lipinski definition) is 8. The summed E-state index contributed by atoms with van der Waals surface area (Å²) in [5, 5.41) is 13.0. The van der Waals surface area contributed by atoms with Crippen molar-refractivity contribution in [2.75, 3.05) is 27.2 Å². The van der Waals surface area contributed by atoms with Crippen molar-refractivity contribution in [3.8, 4) is 0 Å². The molecule has 1 fully saturated rings. The van der Waals surface area contributed by atoms with Gasteiger partial charge in [-0.2, -0.15) is 0 Å². The van der Waals surface area contributed by atoms with Crippen LogP contribution in [0.3, 0.4) is 0 Å². The zero-order valence-electron chi connectivity index (χ0n) is 19.3. The second kappa shape index (κ2) is 11.7. The van der Waals surface area contributed by atoms with Crippen LogP contribution in [-0.2, 0) is 4.74 Å². The summed E-state index contributed by atoms with van der Waals surface area (Å²) in [6.07, 6.45) is 4.53. The number of carbonyl (C=O) groups is 1. The van der Waals surface area contributed by atoms with Crippen molar-refractivity contribution in [1.82, 2.24) is 15.1 Å². The minimum absolute atomic E-state index is 0.0491. The number of ether oxygens (including phenoxy) is 1. The summed E-state index contributed by atoms with van der Waals surface area (Å²) in [7, 11) is 3.86. The molecule has 2 aromatic rings. The number of thiophene rings is 1. The van der Waals surface area contributed by atoms with Crippen LogP contribution in [0.2, 0.25) is 0 Å². The lowest BCUT2D eigenvalue weighted by Gasteiger charge is -2.37. The van der Waals surface area contributed by atoms with Gasteiger partial charge in [-0.1, -0.05) is 12.1 Å². The van der Waals surface area contributed by atoms with Crippen molar-refractivity contribution in [1.29, 1.82) is 5.41 Å². The maximum Gasteiger partial charge on any atom is 0.268 e. The molecule has 0 aliphatic carbocycles. The zero-order chi connectivity index (χ0) is 23.8. The maximum absolute atomic E-state index is 13.4. The Morgan fingerprint density at radius 1 is 1.36 bits per heavy atom. The van der Waals surface area contributed by atoms with E-state index in [1.165, 1.54) is 17.5 Å². The Morgan fingerprint density at radius 2 is 2.12 bits per heavy atom. The molecule has 2 heterocycles. The van der Waals surface area contributed by atoms with Crippen LogP contribution in [-0.4, -0.2) is 67.3 Å². The molecule has 0 radical (unpaired) electrons. The van der Waals surface area contributed by atoms with Gasteiger partial charge in [-0.3, -0.25) is 20.5 Å². The Balaban J connectivity index is 1.83. The van der Waals surface area contributed by atoms with Crippen LogP contribution >= 0.6 is 11.3 Å². The number of amides is 1. The highest BCUT2D eigenvalue weighted by atomic mass is 32.1. The minimum atomic E-state index is -0.275. The fourth-order valence-corrected chi connectivity index (χ4v) is 4.28. The van der Waals surface area contributed by atoms with E-state index in [9.17, 15) is 4.79 Å². The molecular formula is C24H32N6O2S. The molecule has 1 aromatic heterocycles. The predicted octanol–water partition coefficient (Wildman–Crippen LogP) is 3.39. The Kier molecular flexibility index (Phi) is 8.76. The lowest BCUT2D eigenvalue weighted by atomic mass is 10.0. The maximum atomic E-state index is 13.4. The number of piperidine rings is 1. The first kappa shape index (κ1) is 24.6. The summed E-state index contributed by atoms with van der Waals surface area (Å²) in [6, 6.07) is 11.0. The van der Waals surface area contributed by atoms with Gasteiger partial charge >= 0.3 is 0 Å². The molecule has 3 rings (SSSR count). The van der Waals surface area contributed by atoms with Crippen LogP contribution < -0.4 is 11.1 Å². The van der Waals surface area contributed by atoms with Gasteiger partial charge in [0.2, 0.25) is 5.90 Å². The number of likely N-dealkylation sites (tertiary alicyclic amines) is 1. The average molecular weight is 469 g/mol. The normalized spacial score (nSPS) is 16.6. The number of aliphatic imine (C=N–C) groups is 1. The molecule has 1 aliphatic rings. The second-order valence-electron chi connectivity index (χ2n) is 7.96. The van der Waals surface area contributed by atoms with Crippen molar-refractivity contribution >= 4 is 35.0 Å². The molecule has 0 saturated carbocycles. The topological polar surface area (TPSA) is 107 Å². The molecule has 1 unspecified atom stereocenters. The number of nitrogens with two attached hydrogens (primary N) is 1. The van der Waals surface area contributed by atoms with Gasteiger partial charge < -0.3 is 20.3 Å². The molecule has 1 saturated heterocycles. The van der Waals surface area contributed by atoms with E-state index in [0.29, 0.717) is 21.8 Å². The molecule has 176 valence electrons. The monoisotopic (exact) mass is 468 g/mol. The second-order valence-corrected chi connectivity index (χ2v) is 8.91. The molecular weight excluding hydrogens is 436 g/mol. The lowest BCUT2D eigenvalue weighted by Crippen LogP contribution is -2.46. The fraction of sp³-hybridized carbons (Fsp3) is 0.375. The van der Waals surface area contributed by atoms with E-state index in [0.717, 1.165) is 25.9 Å². The van der Waals surface area contributed by atoms with Crippen LogP contribution in [0.5, 0.6) is 0 Å². The van der Waals surface area contributed by atoms with Crippen molar-refractivity contribution in [2.45, 2.75) is 32.0 Å². The molecule has 1 atom stereocenters. The Bertz CT molecular complexity index is 996. The van der Waals surface area contributed by atoms with E-state index in [1.807, 2.05) is 36.6 Å². The minimum Gasteiger partial charge on any atom is -0.459 e. The summed E-state index contributed by atoms with van der Waals surface area (Å²) < 4.78 is 5.52. The van der Waals surface area contributed by atoms with Gasteiger partial charge in [-0.15, -0.1) is 11.3 Å². The number of nitrogens with one attached hydrogen (secondary N) is 2. The zero-order valence-corrected chi connectivity index (χ0v) is 20.1. The molecule has 4 N–H and O–H groups in total. The van der Waals surface area contributed by atoms with E-state index in [4.69, 9.17) is 15.9 Å². The quantitative estimate of drug-likeness (QED) is 0.313. The van der Waals surface area contributed by atoms with Gasteiger partial charge in [-0.05, 0) is 76.6 Å². The summed E-state index contributed by atoms with van der Waals surface area (Å²) in [6.45, 7) is 3.67. The van der Waals surface area contributed by atoms with E-state index in [2.05, 4.69) is 22.3 Å². The molecule has 9 heteroatoms. The van der Waals surface area contributed by atoms with Crippen LogP contribution in [0.15, 0.2) is 58.7 Å². The number of rotatable bonds is 8. The average Bonchev–Trinajstić information content (AvgIpc) is 3.37. The van der Waals surface area contributed by atoms with Crippen LogP contribution in [0, 0.1) is 5.41 Å². The van der Waals surface area contributed by atoms with E-state index in [-0.39, 0.29) is 24.1 Å². The van der Waals surface area contributed by atoms with Gasteiger partial charge in [-0.25, -0.2) is 0 Å². The van der Waals surface area contributed by atoms with Crippen LogP contribution in [0.25, 0.3) is 0 Å². The molecule has 8 nitrogen and oxygen atoms in total. The molecule has 0 spiro atoms. The highest BCUT2D eigenvalue weighted by molar-refractivity contribution is 7.12. The number of hydrogen-bond donors (Lipinski definition) is 3. The summed E-state index contributed by atoms with van der Waals surface area (Å²) >= 11 is 1.42. The van der Waals surface area contributed by atoms with Gasteiger partial charge in [0.25, 0.3) is 5.91 Å². The fourth-order valence-electron chi connectivity index (χ4n) is 3.62. The van der Waals surface area contributed by atoms with Crippen LogP contribution in [0.4, 0.5) is 5.69 Å². The Labute approximate surface area is 199 Å². The van der Waals surface area contributed by atoms with E-state index in [1.54, 1.807) is 30.3 Å². The third-order valence-electron chi connectivity index (χ3n) is 5.61. The first-order valence-electron chi connectivity index (χ1n) is 11.0. The largest absolute Gasteiger partial charge is 0.459 e. The standard InChI is InChI=1S/C24H32N6O2S/c1-17(27-2)32-23(26)18-6-4-7-19(14-18)28-16-21(15-25)30(20-9-11-29(3)12-10-20)24(31)22-8-5-13-33-22/h4-8,13-17,20,26-27H,9-12,25H2,1-3H3.